The molecular weight excluding hydrogens is 324 g/mol. The number of aliphatic imine (C=N–C) groups is 1. The predicted octanol–water partition coefficient (Wildman–Crippen LogP) is 2.85. The number of hydrogen-bond donors (Lipinski definition) is 2. The van der Waals surface area contributed by atoms with Gasteiger partial charge in [0.25, 0.3) is 0 Å². The molecule has 0 bridgehead atoms. The van der Waals surface area contributed by atoms with Crippen LogP contribution in [0, 0.1) is 12.7 Å². The second kappa shape index (κ2) is 8.86. The molecule has 0 saturated carbocycles. The largest absolute Gasteiger partial charge is 0.401 e. The highest BCUT2D eigenvalue weighted by molar-refractivity contribution is 5.80. The lowest BCUT2D eigenvalue weighted by atomic mass is 10.1. The van der Waals surface area contributed by atoms with Crippen molar-refractivity contribution < 1.29 is 17.6 Å². The highest BCUT2D eigenvalue weighted by atomic mass is 19.4. The van der Waals surface area contributed by atoms with Gasteiger partial charge in [0.15, 0.2) is 5.96 Å². The first kappa shape index (κ1) is 20.2. The minimum absolute atomic E-state index is 0.195. The second-order valence-electron chi connectivity index (χ2n) is 5.73. The summed E-state index contributed by atoms with van der Waals surface area (Å²) in [5, 5.41) is 6.03. The average molecular weight is 348 g/mol. The van der Waals surface area contributed by atoms with Crippen LogP contribution in [0.4, 0.5) is 17.6 Å². The molecule has 1 atom stereocenters. The maximum atomic E-state index is 13.6. The van der Waals surface area contributed by atoms with Crippen LogP contribution in [0.1, 0.15) is 24.1 Å². The van der Waals surface area contributed by atoms with E-state index in [1.54, 1.807) is 20.0 Å². The molecule has 1 aromatic carbocycles. The van der Waals surface area contributed by atoms with E-state index < -0.39 is 12.7 Å². The standard InChI is InChI=1S/C16H24F4N4/c1-11-5-6-13(9-14(11)17)12(2)23-15(21-3)22-7-8-24(4)10-16(18,19)20/h5-6,9,12H,7-8,10H2,1-4H3,(H2,21,22,23). The maximum Gasteiger partial charge on any atom is 0.401 e. The number of nitrogens with one attached hydrogen (secondary N) is 2. The van der Waals surface area contributed by atoms with Crippen molar-refractivity contribution in [3.63, 3.8) is 0 Å². The molecule has 136 valence electrons. The minimum atomic E-state index is -4.21. The van der Waals surface area contributed by atoms with Gasteiger partial charge in [0.1, 0.15) is 5.82 Å². The maximum absolute atomic E-state index is 13.6. The van der Waals surface area contributed by atoms with Gasteiger partial charge in [0.2, 0.25) is 0 Å². The van der Waals surface area contributed by atoms with Crippen molar-refractivity contribution in [3.05, 3.63) is 35.1 Å². The minimum Gasteiger partial charge on any atom is -0.355 e. The lowest BCUT2D eigenvalue weighted by Gasteiger charge is -2.21. The van der Waals surface area contributed by atoms with E-state index in [4.69, 9.17) is 0 Å². The summed E-state index contributed by atoms with van der Waals surface area (Å²) in [6, 6.07) is 4.78. The molecule has 24 heavy (non-hydrogen) atoms. The molecule has 2 N–H and O–H groups in total. The average Bonchev–Trinajstić information content (AvgIpc) is 2.46. The van der Waals surface area contributed by atoms with E-state index in [1.165, 1.54) is 18.0 Å². The molecule has 1 unspecified atom stereocenters. The highest BCUT2D eigenvalue weighted by Gasteiger charge is 2.28. The van der Waals surface area contributed by atoms with Gasteiger partial charge in [0.05, 0.1) is 12.6 Å². The van der Waals surface area contributed by atoms with Gasteiger partial charge in [-0.2, -0.15) is 13.2 Å². The summed E-state index contributed by atoms with van der Waals surface area (Å²) < 4.78 is 50.4. The van der Waals surface area contributed by atoms with Crippen LogP contribution in [-0.4, -0.2) is 50.8 Å². The van der Waals surface area contributed by atoms with E-state index >= 15 is 0 Å². The van der Waals surface area contributed by atoms with Crippen molar-refractivity contribution in [2.45, 2.75) is 26.1 Å². The van der Waals surface area contributed by atoms with Crippen LogP contribution in [0.3, 0.4) is 0 Å². The number of guanidine groups is 1. The zero-order valence-corrected chi connectivity index (χ0v) is 14.3. The molecule has 0 aromatic heterocycles. The second-order valence-corrected chi connectivity index (χ2v) is 5.73. The molecule has 0 aliphatic heterocycles. The van der Waals surface area contributed by atoms with E-state index in [0.717, 1.165) is 5.56 Å². The number of aryl methyl sites for hydroxylation is 1. The number of likely N-dealkylation sites (N-methyl/N-ethyl adjacent to an activating group) is 1. The smallest absolute Gasteiger partial charge is 0.355 e. The number of hydrogen-bond acceptors (Lipinski definition) is 2. The van der Waals surface area contributed by atoms with Crippen LogP contribution in [-0.2, 0) is 0 Å². The summed E-state index contributed by atoms with van der Waals surface area (Å²) in [4.78, 5) is 5.20. The zero-order valence-electron chi connectivity index (χ0n) is 14.3. The third-order valence-corrected chi connectivity index (χ3v) is 3.51. The fraction of sp³-hybridized carbons (Fsp3) is 0.562. The van der Waals surface area contributed by atoms with Crippen molar-refractivity contribution in [2.24, 2.45) is 4.99 Å². The highest BCUT2D eigenvalue weighted by Crippen LogP contribution is 2.16. The van der Waals surface area contributed by atoms with E-state index in [2.05, 4.69) is 15.6 Å². The third-order valence-electron chi connectivity index (χ3n) is 3.51. The van der Waals surface area contributed by atoms with Gasteiger partial charge in [-0.1, -0.05) is 12.1 Å². The summed E-state index contributed by atoms with van der Waals surface area (Å²) in [5.41, 5.74) is 1.33. The van der Waals surface area contributed by atoms with Gasteiger partial charge in [-0.3, -0.25) is 9.89 Å². The quantitative estimate of drug-likeness (QED) is 0.472. The van der Waals surface area contributed by atoms with Crippen molar-refractivity contribution >= 4 is 5.96 Å². The van der Waals surface area contributed by atoms with Crippen LogP contribution < -0.4 is 10.6 Å². The van der Waals surface area contributed by atoms with E-state index in [9.17, 15) is 17.6 Å². The summed E-state index contributed by atoms with van der Waals surface area (Å²) in [6.07, 6.45) is -4.21. The summed E-state index contributed by atoms with van der Waals surface area (Å²) >= 11 is 0. The first-order chi connectivity index (χ1) is 11.1. The van der Waals surface area contributed by atoms with Gasteiger partial charge in [-0.05, 0) is 38.1 Å². The molecule has 8 heteroatoms. The molecule has 1 aromatic rings. The molecule has 0 spiro atoms. The van der Waals surface area contributed by atoms with E-state index in [0.29, 0.717) is 18.1 Å². The molecule has 0 heterocycles. The SMILES string of the molecule is CN=C(NCCN(C)CC(F)(F)F)NC(C)c1ccc(C)c(F)c1. The third kappa shape index (κ3) is 7.16. The van der Waals surface area contributed by atoms with Crippen molar-refractivity contribution in [1.29, 1.82) is 0 Å². The van der Waals surface area contributed by atoms with Crippen molar-refractivity contribution in [3.8, 4) is 0 Å². The normalized spacial score (nSPS) is 14.0. The summed E-state index contributed by atoms with van der Waals surface area (Å²) in [6.45, 7) is 3.11. The molecule has 4 nitrogen and oxygen atoms in total. The molecule has 0 amide bonds. The fourth-order valence-electron chi connectivity index (χ4n) is 2.11. The molecule has 1 rings (SSSR count). The molecule has 0 saturated heterocycles. The summed E-state index contributed by atoms with van der Waals surface area (Å²) in [5.74, 6) is 0.168. The molecule has 0 aliphatic carbocycles. The topological polar surface area (TPSA) is 39.7 Å². The number of alkyl halides is 3. The van der Waals surface area contributed by atoms with Gasteiger partial charge in [-0.25, -0.2) is 4.39 Å². The zero-order chi connectivity index (χ0) is 18.3. The molecule has 0 fully saturated rings. The number of benzene rings is 1. The Hall–Kier alpha value is -1.83. The predicted molar refractivity (Wildman–Crippen MR) is 87.6 cm³/mol. The van der Waals surface area contributed by atoms with Crippen LogP contribution in [0.25, 0.3) is 0 Å². The van der Waals surface area contributed by atoms with Crippen molar-refractivity contribution in [1.82, 2.24) is 15.5 Å². The fourth-order valence-corrected chi connectivity index (χ4v) is 2.11. The first-order valence-electron chi connectivity index (χ1n) is 7.61. The van der Waals surface area contributed by atoms with Gasteiger partial charge in [-0.15, -0.1) is 0 Å². The number of nitrogens with zero attached hydrogens (tertiary/aromatic N) is 2. The number of halogens is 4. The molecular formula is C16H24F4N4. The Labute approximate surface area is 139 Å². The molecule has 0 aliphatic rings. The van der Waals surface area contributed by atoms with Crippen LogP contribution >= 0.6 is 0 Å². The van der Waals surface area contributed by atoms with Gasteiger partial charge in [0, 0.05) is 20.1 Å². The van der Waals surface area contributed by atoms with Crippen LogP contribution in [0.5, 0.6) is 0 Å². The monoisotopic (exact) mass is 348 g/mol. The van der Waals surface area contributed by atoms with Gasteiger partial charge >= 0.3 is 6.18 Å². The Morgan fingerprint density at radius 2 is 2.00 bits per heavy atom. The van der Waals surface area contributed by atoms with E-state index in [1.807, 2.05) is 13.0 Å². The van der Waals surface area contributed by atoms with Gasteiger partial charge < -0.3 is 10.6 Å². The summed E-state index contributed by atoms with van der Waals surface area (Å²) in [7, 11) is 2.97. The van der Waals surface area contributed by atoms with Crippen LogP contribution in [0.2, 0.25) is 0 Å². The molecule has 0 radical (unpaired) electrons. The Bertz CT molecular complexity index is 557. The first-order valence-corrected chi connectivity index (χ1v) is 7.61. The van der Waals surface area contributed by atoms with Crippen molar-refractivity contribution in [2.75, 3.05) is 33.7 Å². The Morgan fingerprint density at radius 1 is 1.33 bits per heavy atom. The Morgan fingerprint density at radius 3 is 2.54 bits per heavy atom. The van der Waals surface area contributed by atoms with Crippen LogP contribution in [0.15, 0.2) is 23.2 Å². The lowest BCUT2D eigenvalue weighted by Crippen LogP contribution is -2.43. The van der Waals surface area contributed by atoms with E-state index in [-0.39, 0.29) is 18.4 Å². The number of rotatable bonds is 6. The Kier molecular flexibility index (Phi) is 7.47. The lowest BCUT2D eigenvalue weighted by molar-refractivity contribution is -0.142. The Balaban J connectivity index is 2.48.